The van der Waals surface area contributed by atoms with E-state index < -0.39 is 10.0 Å². The lowest BCUT2D eigenvalue weighted by Crippen LogP contribution is -2.66. The van der Waals surface area contributed by atoms with Crippen molar-refractivity contribution in [3.8, 4) is 5.88 Å². The highest BCUT2D eigenvalue weighted by Gasteiger charge is 2.50. The summed E-state index contributed by atoms with van der Waals surface area (Å²) in [4.78, 5) is 8.34. The second-order valence-electron chi connectivity index (χ2n) is 6.69. The third kappa shape index (κ3) is 3.87. The summed E-state index contributed by atoms with van der Waals surface area (Å²) in [5.41, 5.74) is 0.554. The minimum Gasteiger partial charge on any atom is -0.477 e. The van der Waals surface area contributed by atoms with Crippen LogP contribution in [0.25, 0.3) is 0 Å². The van der Waals surface area contributed by atoms with Gasteiger partial charge in [-0.25, -0.2) is 13.4 Å². The van der Waals surface area contributed by atoms with Crippen molar-refractivity contribution >= 4 is 10.0 Å². The Kier molecular flexibility index (Phi) is 5.08. The van der Waals surface area contributed by atoms with E-state index in [1.807, 2.05) is 6.92 Å². The maximum absolute atomic E-state index is 11.9. The number of aryl methyl sites for hydroxylation is 1. The molecule has 0 saturated carbocycles. The number of hydrogen-bond acceptors (Lipinski definition) is 6. The molecule has 2 fully saturated rings. The molecule has 7 nitrogen and oxygen atoms in total. The Morgan fingerprint density at radius 3 is 2.92 bits per heavy atom. The predicted molar refractivity (Wildman–Crippen MR) is 89.3 cm³/mol. The number of nitrogens with zero attached hydrogens (tertiary/aromatic N) is 3. The maximum Gasteiger partial charge on any atom is 0.232 e. The van der Waals surface area contributed by atoms with E-state index in [4.69, 9.17) is 9.47 Å². The van der Waals surface area contributed by atoms with E-state index in [0.29, 0.717) is 38.1 Å². The smallest absolute Gasteiger partial charge is 0.232 e. The molecule has 2 aliphatic rings. The molecule has 2 saturated heterocycles. The van der Waals surface area contributed by atoms with Gasteiger partial charge in [-0.15, -0.1) is 0 Å². The highest BCUT2D eigenvalue weighted by Crippen LogP contribution is 2.39. The molecule has 134 valence electrons. The fourth-order valence-corrected chi connectivity index (χ4v) is 4.64. The summed E-state index contributed by atoms with van der Waals surface area (Å²) in [7, 11) is -3.10. The zero-order chi connectivity index (χ0) is 17.2. The Morgan fingerprint density at radius 2 is 2.21 bits per heavy atom. The summed E-state index contributed by atoms with van der Waals surface area (Å²) in [6, 6.07) is 0. The van der Waals surface area contributed by atoms with Gasteiger partial charge in [0, 0.05) is 25.9 Å². The average molecular weight is 355 g/mol. The van der Waals surface area contributed by atoms with Crippen LogP contribution in [0.15, 0.2) is 12.4 Å². The van der Waals surface area contributed by atoms with Crippen LogP contribution in [-0.4, -0.2) is 60.3 Å². The average Bonchev–Trinajstić information content (AvgIpc) is 2.53. The molecule has 1 aromatic heterocycles. The molecular formula is C16H25N3O4S. The zero-order valence-corrected chi connectivity index (χ0v) is 15.1. The monoisotopic (exact) mass is 355 g/mol. The van der Waals surface area contributed by atoms with E-state index in [2.05, 4.69) is 9.97 Å². The van der Waals surface area contributed by atoms with Crippen LogP contribution in [0, 0.1) is 12.8 Å². The Morgan fingerprint density at radius 1 is 1.42 bits per heavy atom. The van der Waals surface area contributed by atoms with Crippen molar-refractivity contribution in [1.29, 1.82) is 0 Å². The minimum atomic E-state index is -3.10. The van der Waals surface area contributed by atoms with Gasteiger partial charge in [0.15, 0.2) is 0 Å². The van der Waals surface area contributed by atoms with E-state index in [0.717, 1.165) is 25.0 Å². The summed E-state index contributed by atoms with van der Waals surface area (Å²) < 4.78 is 36.9. The molecule has 0 N–H and O–H groups in total. The molecule has 3 heterocycles. The number of sulfonamides is 1. The number of hydrogen-bond donors (Lipinski definition) is 0. The molecule has 0 radical (unpaired) electrons. The van der Waals surface area contributed by atoms with Gasteiger partial charge in [0.2, 0.25) is 15.9 Å². The normalized spacial score (nSPS) is 23.8. The van der Waals surface area contributed by atoms with Crippen LogP contribution in [0.1, 0.15) is 31.9 Å². The molecule has 0 aromatic carbocycles. The molecule has 0 unspecified atom stereocenters. The molecular weight excluding hydrogens is 330 g/mol. The number of rotatable bonds is 6. The quantitative estimate of drug-likeness (QED) is 0.767. The molecule has 24 heavy (non-hydrogen) atoms. The Hall–Kier alpha value is -1.25. The predicted octanol–water partition coefficient (Wildman–Crippen LogP) is 1.38. The minimum absolute atomic E-state index is 0.151. The fraction of sp³-hybridized carbons (Fsp3) is 0.750. The Balaban J connectivity index is 1.47. The van der Waals surface area contributed by atoms with Gasteiger partial charge in [0.1, 0.15) is 0 Å². The first-order valence-corrected chi connectivity index (χ1v) is 10.1. The lowest BCUT2D eigenvalue weighted by Gasteiger charge is -2.52. The van der Waals surface area contributed by atoms with Gasteiger partial charge in [-0.05, 0) is 39.0 Å². The van der Waals surface area contributed by atoms with Crippen molar-refractivity contribution in [3.05, 3.63) is 18.1 Å². The molecule has 1 spiro atoms. The van der Waals surface area contributed by atoms with Crippen LogP contribution in [0.4, 0.5) is 0 Å². The van der Waals surface area contributed by atoms with Crippen LogP contribution >= 0.6 is 0 Å². The topological polar surface area (TPSA) is 81.6 Å². The van der Waals surface area contributed by atoms with E-state index in [9.17, 15) is 8.42 Å². The van der Waals surface area contributed by atoms with Crippen LogP contribution in [0.5, 0.6) is 5.88 Å². The van der Waals surface area contributed by atoms with Gasteiger partial charge in [-0.3, -0.25) is 4.98 Å². The standard InChI is InChI=1S/C16H25N3O4S/c1-3-24(20,21)19-11-16(12-19)8-14(5-7-23-16)4-6-22-15-10-17-9-13(2)18-15/h9-10,14H,3-8,11-12H2,1-2H3/t14-/m1/s1. The first-order chi connectivity index (χ1) is 11.4. The SMILES string of the molecule is CCS(=O)(=O)N1CC2(C[C@H](CCOc3cncc(C)n3)CCO2)C1. The number of ether oxygens (including phenoxy) is 2. The lowest BCUT2D eigenvalue weighted by atomic mass is 9.80. The highest BCUT2D eigenvalue weighted by molar-refractivity contribution is 7.89. The zero-order valence-electron chi connectivity index (χ0n) is 14.3. The van der Waals surface area contributed by atoms with E-state index in [-0.39, 0.29) is 11.4 Å². The van der Waals surface area contributed by atoms with Crippen molar-refractivity contribution in [2.75, 3.05) is 32.1 Å². The summed E-state index contributed by atoms with van der Waals surface area (Å²) in [5, 5.41) is 0. The van der Waals surface area contributed by atoms with Gasteiger partial charge >= 0.3 is 0 Å². The van der Waals surface area contributed by atoms with Crippen molar-refractivity contribution in [2.45, 2.75) is 38.7 Å². The molecule has 0 aliphatic carbocycles. The summed E-state index contributed by atoms with van der Waals surface area (Å²) in [5.74, 6) is 1.20. The molecule has 8 heteroatoms. The molecule has 1 atom stereocenters. The Bertz CT molecular complexity index is 674. The van der Waals surface area contributed by atoms with Gasteiger partial charge in [0.05, 0.1) is 29.9 Å². The van der Waals surface area contributed by atoms with Crippen molar-refractivity contribution < 1.29 is 17.9 Å². The molecule has 1 aromatic rings. The molecule has 3 rings (SSSR count). The lowest BCUT2D eigenvalue weighted by molar-refractivity contribution is -0.156. The van der Waals surface area contributed by atoms with Crippen LogP contribution in [-0.2, 0) is 14.8 Å². The van der Waals surface area contributed by atoms with Gasteiger partial charge in [0.25, 0.3) is 0 Å². The molecule has 2 aliphatic heterocycles. The van der Waals surface area contributed by atoms with E-state index in [1.54, 1.807) is 19.3 Å². The highest BCUT2D eigenvalue weighted by atomic mass is 32.2. The van der Waals surface area contributed by atoms with Gasteiger partial charge in [-0.1, -0.05) is 0 Å². The summed E-state index contributed by atoms with van der Waals surface area (Å²) in [6.45, 7) is 5.82. The van der Waals surface area contributed by atoms with E-state index >= 15 is 0 Å². The van der Waals surface area contributed by atoms with Gasteiger partial charge < -0.3 is 9.47 Å². The van der Waals surface area contributed by atoms with E-state index in [1.165, 1.54) is 4.31 Å². The summed E-state index contributed by atoms with van der Waals surface area (Å²) >= 11 is 0. The first kappa shape index (κ1) is 17.6. The second-order valence-corrected chi connectivity index (χ2v) is 8.95. The van der Waals surface area contributed by atoms with Crippen molar-refractivity contribution in [1.82, 2.24) is 14.3 Å². The Labute approximate surface area is 143 Å². The summed E-state index contributed by atoms with van der Waals surface area (Å²) in [6.07, 6.45) is 6.12. The van der Waals surface area contributed by atoms with Crippen LogP contribution in [0.2, 0.25) is 0 Å². The van der Waals surface area contributed by atoms with Crippen LogP contribution < -0.4 is 4.74 Å². The molecule has 0 amide bonds. The first-order valence-electron chi connectivity index (χ1n) is 8.46. The maximum atomic E-state index is 11.9. The van der Waals surface area contributed by atoms with Crippen molar-refractivity contribution in [2.24, 2.45) is 5.92 Å². The fourth-order valence-electron chi connectivity index (χ4n) is 3.41. The van der Waals surface area contributed by atoms with Crippen LogP contribution in [0.3, 0.4) is 0 Å². The third-order valence-electron chi connectivity index (χ3n) is 4.79. The second kappa shape index (κ2) is 6.93. The largest absolute Gasteiger partial charge is 0.477 e. The van der Waals surface area contributed by atoms with Gasteiger partial charge in [-0.2, -0.15) is 4.31 Å². The third-order valence-corrected chi connectivity index (χ3v) is 6.57. The molecule has 0 bridgehead atoms. The number of aromatic nitrogens is 2. The van der Waals surface area contributed by atoms with Crippen molar-refractivity contribution in [3.63, 3.8) is 0 Å².